The largest absolute Gasteiger partial charge is 0.483 e. The molecule has 0 radical (unpaired) electrons. The molecule has 2 aromatic rings. The van der Waals surface area contributed by atoms with Crippen LogP contribution in [0.25, 0.3) is 0 Å². The topological polar surface area (TPSA) is 106 Å². The molecule has 222 valence electrons. The highest BCUT2D eigenvalue weighted by Crippen LogP contribution is 2.57. The Labute approximate surface area is 234 Å². The number of nitrogens with one attached hydrogen (secondary N) is 2. The molecule has 5 aliphatic rings. The van der Waals surface area contributed by atoms with Crippen LogP contribution in [0.2, 0.25) is 0 Å². The van der Waals surface area contributed by atoms with E-state index in [1.807, 2.05) is 9.80 Å². The predicted octanol–water partition coefficient (Wildman–Crippen LogP) is 5.50. The van der Waals surface area contributed by atoms with Crippen LogP contribution in [0.15, 0.2) is 29.2 Å². The van der Waals surface area contributed by atoms with Gasteiger partial charge in [0, 0.05) is 61.7 Å². The molecular weight excluding hydrogens is 567 g/mol. The summed E-state index contributed by atoms with van der Waals surface area (Å²) in [5.41, 5.74) is -3.99. The van der Waals surface area contributed by atoms with Crippen LogP contribution in [0.3, 0.4) is 0 Å². The van der Waals surface area contributed by atoms with Gasteiger partial charge in [-0.05, 0) is 55.7 Å². The molecule has 1 aromatic heterocycles. The van der Waals surface area contributed by atoms with E-state index in [0.29, 0.717) is 18.2 Å². The van der Waals surface area contributed by atoms with E-state index in [9.17, 15) is 31.0 Å². The van der Waals surface area contributed by atoms with Gasteiger partial charge in [-0.2, -0.15) is 18.3 Å². The van der Waals surface area contributed by atoms with Crippen LogP contribution < -0.4 is 0 Å². The van der Waals surface area contributed by atoms with Gasteiger partial charge >= 0.3 is 11.5 Å². The number of hydrogen-bond acceptors (Lipinski definition) is 5. The molecule has 2 aliphatic heterocycles. The van der Waals surface area contributed by atoms with E-state index >= 15 is 0 Å². The van der Waals surface area contributed by atoms with Crippen molar-refractivity contribution in [2.45, 2.75) is 73.1 Å². The minimum Gasteiger partial charge on any atom is -0.323 e. The molecule has 41 heavy (non-hydrogen) atoms. The average molecular weight is 599 g/mol. The zero-order chi connectivity index (χ0) is 29.0. The molecule has 1 unspecified atom stereocenters. The van der Waals surface area contributed by atoms with Crippen molar-refractivity contribution >= 4 is 15.8 Å². The molecule has 14 heteroatoms. The van der Waals surface area contributed by atoms with E-state index in [-0.39, 0.29) is 41.5 Å². The summed E-state index contributed by atoms with van der Waals surface area (Å²) < 4.78 is 83.9. The fourth-order valence-corrected chi connectivity index (χ4v) is 8.57. The van der Waals surface area contributed by atoms with Gasteiger partial charge in [-0.3, -0.25) is 5.10 Å². The molecule has 3 aliphatic carbocycles. The summed E-state index contributed by atoms with van der Waals surface area (Å²) >= 11 is 0. The number of H-pyrrole nitrogens is 1. The molecule has 3 heterocycles. The van der Waals surface area contributed by atoms with Gasteiger partial charge < -0.3 is 9.80 Å². The lowest BCUT2D eigenvalue weighted by molar-refractivity contribution is -0.100. The number of rotatable bonds is 5. The highest BCUT2D eigenvalue weighted by molar-refractivity contribution is 7.93. The van der Waals surface area contributed by atoms with Crippen molar-refractivity contribution in [3.63, 3.8) is 0 Å². The zero-order valence-electron chi connectivity index (χ0n) is 22.2. The van der Waals surface area contributed by atoms with E-state index in [4.69, 9.17) is 4.78 Å². The van der Waals surface area contributed by atoms with Crippen LogP contribution in [0, 0.1) is 21.5 Å². The van der Waals surface area contributed by atoms with Crippen LogP contribution in [-0.4, -0.2) is 72.8 Å². The van der Waals surface area contributed by atoms with Gasteiger partial charge in [-0.25, -0.2) is 27.5 Å². The average Bonchev–Trinajstić information content (AvgIpc) is 3.25. The molecule has 2 saturated heterocycles. The molecule has 8 nitrogen and oxygen atoms in total. The third-order valence-electron chi connectivity index (χ3n) is 9.92. The summed E-state index contributed by atoms with van der Waals surface area (Å²) in [4.78, 5) is 20.7. The molecule has 3 saturated carbocycles. The van der Waals surface area contributed by atoms with Crippen LogP contribution in [0.4, 0.5) is 26.7 Å². The number of alkyl halides is 5. The van der Waals surface area contributed by atoms with Gasteiger partial charge in [0.05, 0.1) is 4.90 Å². The fourth-order valence-electron chi connectivity index (χ4n) is 7.78. The van der Waals surface area contributed by atoms with Crippen LogP contribution in [0.5, 0.6) is 0 Å². The maximum Gasteiger partial charge on any atom is 0.483 e. The molecule has 2 spiro atoms. The lowest BCUT2D eigenvalue weighted by atomic mass is 9.56. The Kier molecular flexibility index (Phi) is 5.70. The SMILES string of the molecule is N=S(=O)(c1ccc(CC2CC3(C2)CN(C(=O)N2CC4(CC(c5nc(C6CC(F)(F)C6)n[nH]5)C4)C2)C3)cc1)C(F)(F)F. The second kappa shape index (κ2) is 8.63. The second-order valence-electron chi connectivity index (χ2n) is 13.3. The Bertz CT molecular complexity index is 1450. The molecule has 1 atom stereocenters. The third-order valence-corrected chi connectivity index (χ3v) is 11.5. The maximum atomic E-state index is 13.2. The smallest absolute Gasteiger partial charge is 0.323 e. The monoisotopic (exact) mass is 598 g/mol. The van der Waals surface area contributed by atoms with Crippen LogP contribution in [0.1, 0.15) is 67.6 Å². The van der Waals surface area contributed by atoms with Crippen molar-refractivity contribution in [3.8, 4) is 0 Å². The van der Waals surface area contributed by atoms with Gasteiger partial charge in [0.25, 0.3) is 0 Å². The number of nitrogens with zero attached hydrogens (tertiary/aromatic N) is 4. The summed E-state index contributed by atoms with van der Waals surface area (Å²) in [6.07, 6.45) is 4.07. The third kappa shape index (κ3) is 4.51. The van der Waals surface area contributed by atoms with Crippen molar-refractivity contribution in [1.82, 2.24) is 25.0 Å². The van der Waals surface area contributed by atoms with Gasteiger partial charge in [0.2, 0.25) is 5.92 Å². The predicted molar refractivity (Wildman–Crippen MR) is 137 cm³/mol. The molecule has 1 aromatic carbocycles. The maximum absolute atomic E-state index is 13.2. The van der Waals surface area contributed by atoms with Gasteiger partial charge in [-0.1, -0.05) is 12.1 Å². The Morgan fingerprint density at radius 2 is 1.51 bits per heavy atom. The minimum atomic E-state index is -5.09. The molecule has 5 fully saturated rings. The minimum absolute atomic E-state index is 0.0697. The summed E-state index contributed by atoms with van der Waals surface area (Å²) in [6.45, 7) is 2.89. The molecule has 0 bridgehead atoms. The van der Waals surface area contributed by atoms with E-state index < -0.39 is 26.1 Å². The second-order valence-corrected chi connectivity index (χ2v) is 15.3. The van der Waals surface area contributed by atoms with E-state index in [1.165, 1.54) is 12.1 Å². The Morgan fingerprint density at radius 3 is 2.05 bits per heavy atom. The Morgan fingerprint density at radius 1 is 0.951 bits per heavy atom. The number of halogens is 5. The summed E-state index contributed by atoms with van der Waals surface area (Å²) in [5, 5.41) is 7.10. The number of benzene rings is 1. The molecule has 7 rings (SSSR count). The molecule has 2 amide bonds. The summed E-state index contributed by atoms with van der Waals surface area (Å²) in [5.74, 6) is -0.997. The van der Waals surface area contributed by atoms with E-state index in [2.05, 4.69) is 15.2 Å². The molecular formula is C27H31F5N6O2S. The quantitative estimate of drug-likeness (QED) is 0.444. The first-order valence-electron chi connectivity index (χ1n) is 13.9. The number of likely N-dealkylation sites (tertiary alicyclic amines) is 2. The number of hydrogen-bond donors (Lipinski definition) is 2. The van der Waals surface area contributed by atoms with Crippen molar-refractivity contribution < 1.29 is 31.0 Å². The number of aromatic amines is 1. The summed E-state index contributed by atoms with van der Waals surface area (Å²) in [7, 11) is -4.84. The van der Waals surface area contributed by atoms with E-state index in [0.717, 1.165) is 75.4 Å². The molecule has 2 N–H and O–H groups in total. The number of amides is 2. The normalized spacial score (nSPS) is 26.5. The lowest BCUT2D eigenvalue weighted by Crippen LogP contribution is -2.70. The van der Waals surface area contributed by atoms with Gasteiger partial charge in [0.15, 0.2) is 15.6 Å². The highest BCUT2D eigenvalue weighted by Gasteiger charge is 2.59. The van der Waals surface area contributed by atoms with Gasteiger partial charge in [0.1, 0.15) is 5.82 Å². The van der Waals surface area contributed by atoms with Gasteiger partial charge in [-0.15, -0.1) is 0 Å². The highest BCUT2D eigenvalue weighted by atomic mass is 32.2. The first-order valence-corrected chi connectivity index (χ1v) is 15.5. The number of carbonyl (C=O) groups excluding carboxylic acids is 1. The Hall–Kier alpha value is -2.77. The summed E-state index contributed by atoms with van der Waals surface area (Å²) in [6, 6.07) is 5.40. The lowest BCUT2D eigenvalue weighted by Gasteiger charge is -2.63. The number of carbonyl (C=O) groups is 1. The van der Waals surface area contributed by atoms with Crippen LogP contribution in [-0.2, 0) is 16.1 Å². The van der Waals surface area contributed by atoms with Crippen molar-refractivity contribution in [1.29, 1.82) is 4.78 Å². The number of urea groups is 1. The Balaban J connectivity index is 0.829. The zero-order valence-corrected chi connectivity index (χ0v) is 23.0. The number of aromatic nitrogens is 3. The standard InChI is InChI=1S/C27H31F5N6O2S/c28-26(29)10-19(11-26)22-34-21(35-36-22)18-8-25(9-18)14-38(15-25)23(39)37-12-24(13-37)6-17(7-24)5-16-1-3-20(4-2-16)41(33,40)27(30,31)32/h1-4,17-19,33H,5-15H2,(H,34,35,36). The first kappa shape index (κ1) is 27.1. The van der Waals surface area contributed by atoms with Crippen molar-refractivity contribution in [2.75, 3.05) is 26.2 Å². The van der Waals surface area contributed by atoms with Crippen LogP contribution >= 0.6 is 0 Å². The first-order chi connectivity index (χ1) is 19.1. The van der Waals surface area contributed by atoms with Crippen molar-refractivity contribution in [2.24, 2.45) is 16.7 Å². The van der Waals surface area contributed by atoms with Crippen molar-refractivity contribution in [3.05, 3.63) is 41.5 Å². The van der Waals surface area contributed by atoms with E-state index in [1.54, 1.807) is 0 Å². The fraction of sp³-hybridized carbons (Fsp3) is 0.667.